The minimum atomic E-state index is -0.922. The molecule has 208 valence electrons. The van der Waals surface area contributed by atoms with Gasteiger partial charge in [0, 0.05) is 43.3 Å². The SMILES string of the molecule is CCCN(CCC)C(=O)c1cc(C)cc(C(=O)N(Cc2ccccc2)C[C@@H](O)[C@@H](N)Cc2ccc(C)cc2)c1. The van der Waals surface area contributed by atoms with Crippen molar-refractivity contribution in [1.29, 1.82) is 0 Å². The number of hydrogen-bond acceptors (Lipinski definition) is 4. The molecule has 0 saturated heterocycles. The van der Waals surface area contributed by atoms with E-state index in [2.05, 4.69) is 13.8 Å². The second-order valence-corrected chi connectivity index (χ2v) is 10.5. The van der Waals surface area contributed by atoms with Crippen LogP contribution in [-0.2, 0) is 13.0 Å². The lowest BCUT2D eigenvalue weighted by atomic mass is 10.00. The van der Waals surface area contributed by atoms with Crippen molar-refractivity contribution < 1.29 is 14.7 Å². The Labute approximate surface area is 233 Å². The summed E-state index contributed by atoms with van der Waals surface area (Å²) in [7, 11) is 0. The lowest BCUT2D eigenvalue weighted by Gasteiger charge is -2.29. The Morgan fingerprint density at radius 1 is 0.769 bits per heavy atom. The molecule has 0 aliphatic rings. The maximum Gasteiger partial charge on any atom is 0.254 e. The third kappa shape index (κ3) is 8.77. The summed E-state index contributed by atoms with van der Waals surface area (Å²) in [6, 6.07) is 22.6. The number of aliphatic hydroxyl groups is 1. The first kappa shape index (κ1) is 30.1. The molecule has 0 aromatic heterocycles. The summed E-state index contributed by atoms with van der Waals surface area (Å²) in [6.07, 6.45) is 1.32. The van der Waals surface area contributed by atoms with Crippen LogP contribution in [0.1, 0.15) is 69.7 Å². The quantitative estimate of drug-likeness (QED) is 0.321. The molecule has 2 atom stereocenters. The number of nitrogens with zero attached hydrogens (tertiary/aromatic N) is 2. The van der Waals surface area contributed by atoms with Gasteiger partial charge in [0.2, 0.25) is 0 Å². The smallest absolute Gasteiger partial charge is 0.254 e. The van der Waals surface area contributed by atoms with Crippen LogP contribution in [0.2, 0.25) is 0 Å². The summed E-state index contributed by atoms with van der Waals surface area (Å²) in [4.78, 5) is 30.7. The van der Waals surface area contributed by atoms with Crippen LogP contribution in [0.15, 0.2) is 72.8 Å². The van der Waals surface area contributed by atoms with Crippen molar-refractivity contribution in [3.8, 4) is 0 Å². The maximum atomic E-state index is 13.9. The number of carbonyl (C=O) groups is 2. The van der Waals surface area contributed by atoms with Crippen LogP contribution in [0.4, 0.5) is 0 Å². The van der Waals surface area contributed by atoms with E-state index in [0.717, 1.165) is 35.1 Å². The highest BCUT2D eigenvalue weighted by molar-refractivity contribution is 6.00. The van der Waals surface area contributed by atoms with Gasteiger partial charge in [0.05, 0.1) is 6.10 Å². The van der Waals surface area contributed by atoms with E-state index >= 15 is 0 Å². The molecule has 3 aromatic rings. The molecule has 0 bridgehead atoms. The number of nitrogens with two attached hydrogens (primary N) is 1. The second-order valence-electron chi connectivity index (χ2n) is 10.5. The molecule has 0 radical (unpaired) electrons. The Hall–Kier alpha value is -3.48. The number of aryl methyl sites for hydroxylation is 2. The van der Waals surface area contributed by atoms with E-state index in [1.807, 2.05) is 79.4 Å². The van der Waals surface area contributed by atoms with Crippen molar-refractivity contribution in [2.75, 3.05) is 19.6 Å². The Morgan fingerprint density at radius 3 is 1.90 bits per heavy atom. The van der Waals surface area contributed by atoms with Crippen molar-refractivity contribution in [2.24, 2.45) is 5.73 Å². The highest BCUT2D eigenvalue weighted by Crippen LogP contribution is 2.18. The van der Waals surface area contributed by atoms with Gasteiger partial charge < -0.3 is 20.6 Å². The van der Waals surface area contributed by atoms with Gasteiger partial charge in [-0.1, -0.05) is 74.0 Å². The second kappa shape index (κ2) is 14.6. The van der Waals surface area contributed by atoms with Crippen LogP contribution < -0.4 is 5.73 Å². The zero-order valence-corrected chi connectivity index (χ0v) is 23.8. The number of benzene rings is 3. The lowest BCUT2D eigenvalue weighted by Crippen LogP contribution is -2.46. The standard InChI is InChI=1S/C33H43N3O3/c1-5-16-35(17-6-2)32(38)28-18-25(4)19-29(21-28)33(39)36(22-27-10-8-7-9-11-27)23-31(37)30(34)20-26-14-12-24(3)13-15-26/h7-15,18-19,21,30-31,37H,5-6,16-17,20,22-23,34H2,1-4H3/t30-,31+/m0/s1. The van der Waals surface area contributed by atoms with Gasteiger partial charge in [-0.05, 0) is 68.0 Å². The van der Waals surface area contributed by atoms with Gasteiger partial charge in [-0.3, -0.25) is 9.59 Å². The van der Waals surface area contributed by atoms with E-state index in [9.17, 15) is 14.7 Å². The average Bonchev–Trinajstić information content (AvgIpc) is 2.93. The normalized spacial score (nSPS) is 12.6. The molecule has 0 fully saturated rings. The average molecular weight is 530 g/mol. The molecule has 0 saturated carbocycles. The van der Waals surface area contributed by atoms with Crippen molar-refractivity contribution in [1.82, 2.24) is 9.80 Å². The molecule has 0 unspecified atom stereocenters. The van der Waals surface area contributed by atoms with Gasteiger partial charge in [0.15, 0.2) is 0 Å². The van der Waals surface area contributed by atoms with Gasteiger partial charge in [0.25, 0.3) is 11.8 Å². The fraction of sp³-hybridized carbons (Fsp3) is 0.394. The molecule has 6 nitrogen and oxygen atoms in total. The molecule has 3 rings (SSSR count). The Bertz CT molecular complexity index is 1200. The monoisotopic (exact) mass is 529 g/mol. The molecular formula is C33H43N3O3. The van der Waals surface area contributed by atoms with Crippen LogP contribution in [-0.4, -0.2) is 58.5 Å². The predicted octanol–water partition coefficient (Wildman–Crippen LogP) is 5.14. The molecule has 39 heavy (non-hydrogen) atoms. The van der Waals surface area contributed by atoms with E-state index in [0.29, 0.717) is 37.2 Å². The van der Waals surface area contributed by atoms with Crippen molar-refractivity contribution >= 4 is 11.8 Å². The van der Waals surface area contributed by atoms with E-state index in [1.54, 1.807) is 17.0 Å². The Morgan fingerprint density at radius 2 is 1.33 bits per heavy atom. The number of carbonyl (C=O) groups excluding carboxylic acids is 2. The lowest BCUT2D eigenvalue weighted by molar-refractivity contribution is 0.0554. The number of aliphatic hydroxyl groups excluding tert-OH is 1. The van der Waals surface area contributed by atoms with Crippen LogP contribution in [0, 0.1) is 13.8 Å². The molecule has 0 aliphatic carbocycles. The summed E-state index contributed by atoms with van der Waals surface area (Å²) in [5.41, 5.74) is 11.3. The molecule has 0 aliphatic heterocycles. The van der Waals surface area contributed by atoms with Crippen molar-refractivity contribution in [3.63, 3.8) is 0 Å². The molecule has 2 amide bonds. The van der Waals surface area contributed by atoms with Gasteiger partial charge in [0.1, 0.15) is 0 Å². The maximum absolute atomic E-state index is 13.9. The molecule has 0 heterocycles. The van der Waals surface area contributed by atoms with Crippen molar-refractivity contribution in [3.05, 3.63) is 106 Å². The minimum Gasteiger partial charge on any atom is -0.390 e. The topological polar surface area (TPSA) is 86.9 Å². The van der Waals surface area contributed by atoms with Crippen LogP contribution in [0.25, 0.3) is 0 Å². The zero-order chi connectivity index (χ0) is 28.4. The first-order valence-electron chi connectivity index (χ1n) is 13.9. The molecular weight excluding hydrogens is 486 g/mol. The molecule has 3 aromatic carbocycles. The van der Waals surface area contributed by atoms with E-state index in [4.69, 9.17) is 5.73 Å². The first-order chi connectivity index (χ1) is 18.7. The van der Waals surface area contributed by atoms with Crippen LogP contribution in [0.3, 0.4) is 0 Å². The van der Waals surface area contributed by atoms with Gasteiger partial charge in [-0.25, -0.2) is 0 Å². The highest BCUT2D eigenvalue weighted by Gasteiger charge is 2.25. The Kier molecular flexibility index (Phi) is 11.3. The fourth-order valence-electron chi connectivity index (χ4n) is 4.77. The van der Waals surface area contributed by atoms with Gasteiger partial charge in [-0.15, -0.1) is 0 Å². The summed E-state index contributed by atoms with van der Waals surface area (Å²) in [5.74, 6) is -0.304. The third-order valence-corrected chi connectivity index (χ3v) is 6.84. The molecule has 0 spiro atoms. The fourth-order valence-corrected chi connectivity index (χ4v) is 4.77. The highest BCUT2D eigenvalue weighted by atomic mass is 16.3. The largest absolute Gasteiger partial charge is 0.390 e. The first-order valence-corrected chi connectivity index (χ1v) is 13.9. The number of hydrogen-bond donors (Lipinski definition) is 2. The summed E-state index contributed by atoms with van der Waals surface area (Å²) in [6.45, 7) is 9.78. The minimum absolute atomic E-state index is 0.0637. The van der Waals surface area contributed by atoms with Gasteiger partial charge in [-0.2, -0.15) is 0 Å². The summed E-state index contributed by atoms with van der Waals surface area (Å²) >= 11 is 0. The van der Waals surface area contributed by atoms with E-state index in [1.165, 1.54) is 0 Å². The Balaban J connectivity index is 1.86. The molecule has 3 N–H and O–H groups in total. The summed E-state index contributed by atoms with van der Waals surface area (Å²) < 4.78 is 0. The van der Waals surface area contributed by atoms with E-state index in [-0.39, 0.29) is 18.4 Å². The van der Waals surface area contributed by atoms with Gasteiger partial charge >= 0.3 is 0 Å². The van der Waals surface area contributed by atoms with Crippen molar-refractivity contribution in [2.45, 2.75) is 65.6 Å². The van der Waals surface area contributed by atoms with E-state index < -0.39 is 12.1 Å². The molecule has 6 heteroatoms. The predicted molar refractivity (Wildman–Crippen MR) is 158 cm³/mol. The number of amides is 2. The third-order valence-electron chi connectivity index (χ3n) is 6.84. The zero-order valence-electron chi connectivity index (χ0n) is 23.8. The van der Waals surface area contributed by atoms with Crippen LogP contribution in [0.5, 0.6) is 0 Å². The number of rotatable bonds is 13. The summed E-state index contributed by atoms with van der Waals surface area (Å²) in [5, 5.41) is 11.1. The van der Waals surface area contributed by atoms with Crippen LogP contribution >= 0.6 is 0 Å².